The number of benzene rings is 1. The number of hydrogen-bond donors (Lipinski definition) is 2. The minimum absolute atomic E-state index is 0.0212. The number of urea groups is 1. The normalized spacial score (nSPS) is 22.1. The van der Waals surface area contributed by atoms with Gasteiger partial charge in [-0.15, -0.1) is 0 Å². The highest BCUT2D eigenvalue weighted by Gasteiger charge is 2.29. The summed E-state index contributed by atoms with van der Waals surface area (Å²) in [6, 6.07) is 6.41. The standard InChI is InChI=1S/C16H22N4O3/c21-16(18-13-3-5-14(6-4-13)20(22)23)19-10-7-12(8-11-19)15-2-1-9-17-15/h3-6,12,15,17H,1-2,7-11H2,(H,18,21). The van der Waals surface area contributed by atoms with Gasteiger partial charge in [0.15, 0.2) is 0 Å². The van der Waals surface area contributed by atoms with Gasteiger partial charge in [0.05, 0.1) is 4.92 Å². The number of nitro benzene ring substituents is 1. The summed E-state index contributed by atoms with van der Waals surface area (Å²) in [4.78, 5) is 24.3. The third-order valence-corrected chi connectivity index (χ3v) is 4.82. The highest BCUT2D eigenvalue weighted by atomic mass is 16.6. The number of likely N-dealkylation sites (tertiary alicyclic amines) is 1. The number of rotatable bonds is 3. The molecule has 0 bridgehead atoms. The Morgan fingerprint density at radius 1 is 1.22 bits per heavy atom. The number of amides is 2. The summed E-state index contributed by atoms with van der Waals surface area (Å²) in [6.07, 6.45) is 4.57. The van der Waals surface area contributed by atoms with E-state index in [4.69, 9.17) is 0 Å². The van der Waals surface area contributed by atoms with Crippen molar-refractivity contribution in [2.75, 3.05) is 25.0 Å². The number of carbonyl (C=O) groups excluding carboxylic acids is 1. The summed E-state index contributed by atoms with van der Waals surface area (Å²) in [5.74, 6) is 0.668. The Balaban J connectivity index is 1.50. The number of nitrogens with one attached hydrogen (secondary N) is 2. The van der Waals surface area contributed by atoms with Crippen LogP contribution in [0.4, 0.5) is 16.2 Å². The first-order valence-corrected chi connectivity index (χ1v) is 8.17. The summed E-state index contributed by atoms with van der Waals surface area (Å²) in [7, 11) is 0. The van der Waals surface area contributed by atoms with Crippen molar-refractivity contribution in [2.45, 2.75) is 31.7 Å². The van der Waals surface area contributed by atoms with Crippen LogP contribution in [-0.4, -0.2) is 41.5 Å². The van der Waals surface area contributed by atoms with Gasteiger partial charge in [0.2, 0.25) is 0 Å². The Morgan fingerprint density at radius 3 is 2.48 bits per heavy atom. The van der Waals surface area contributed by atoms with Gasteiger partial charge in [0.25, 0.3) is 5.69 Å². The van der Waals surface area contributed by atoms with Crippen molar-refractivity contribution in [2.24, 2.45) is 5.92 Å². The van der Waals surface area contributed by atoms with Gasteiger partial charge in [-0.1, -0.05) is 0 Å². The molecule has 7 nitrogen and oxygen atoms in total. The lowest BCUT2D eigenvalue weighted by Gasteiger charge is -2.34. The molecule has 1 aromatic carbocycles. The lowest BCUT2D eigenvalue weighted by atomic mass is 9.89. The van der Waals surface area contributed by atoms with Gasteiger partial charge in [-0.2, -0.15) is 0 Å². The molecule has 2 amide bonds. The fourth-order valence-electron chi connectivity index (χ4n) is 3.49. The Morgan fingerprint density at radius 2 is 1.91 bits per heavy atom. The van der Waals surface area contributed by atoms with Crippen LogP contribution >= 0.6 is 0 Å². The van der Waals surface area contributed by atoms with Gasteiger partial charge in [-0.05, 0) is 50.3 Å². The summed E-state index contributed by atoms with van der Waals surface area (Å²) in [6.45, 7) is 2.65. The molecule has 1 aromatic rings. The predicted molar refractivity (Wildman–Crippen MR) is 87.4 cm³/mol. The number of non-ortho nitro benzene ring substituents is 1. The van der Waals surface area contributed by atoms with Crippen LogP contribution in [0.3, 0.4) is 0 Å². The first-order valence-electron chi connectivity index (χ1n) is 8.17. The van der Waals surface area contributed by atoms with Crippen LogP contribution in [0.1, 0.15) is 25.7 Å². The number of anilines is 1. The van der Waals surface area contributed by atoms with Gasteiger partial charge in [0.1, 0.15) is 0 Å². The number of nitrogens with zero attached hydrogens (tertiary/aromatic N) is 2. The number of piperidine rings is 1. The Hall–Kier alpha value is -2.15. The first kappa shape index (κ1) is 15.7. The van der Waals surface area contributed by atoms with E-state index >= 15 is 0 Å². The quantitative estimate of drug-likeness (QED) is 0.662. The molecule has 2 N–H and O–H groups in total. The van der Waals surface area contributed by atoms with Crippen molar-refractivity contribution >= 4 is 17.4 Å². The van der Waals surface area contributed by atoms with Gasteiger partial charge in [-0.3, -0.25) is 10.1 Å². The molecule has 2 heterocycles. The van der Waals surface area contributed by atoms with Crippen LogP contribution in [0, 0.1) is 16.0 Å². The molecule has 7 heteroatoms. The molecule has 0 saturated carbocycles. The van der Waals surface area contributed by atoms with E-state index in [1.54, 1.807) is 12.1 Å². The van der Waals surface area contributed by atoms with E-state index in [0.717, 1.165) is 32.5 Å². The summed E-state index contributed by atoms with van der Waals surface area (Å²) in [5.41, 5.74) is 0.605. The molecule has 0 spiro atoms. The molecule has 2 aliphatic heterocycles. The fraction of sp³-hybridized carbons (Fsp3) is 0.562. The van der Waals surface area contributed by atoms with Crippen LogP contribution < -0.4 is 10.6 Å². The van der Waals surface area contributed by atoms with Crippen molar-refractivity contribution < 1.29 is 9.72 Å². The third kappa shape index (κ3) is 3.79. The largest absolute Gasteiger partial charge is 0.325 e. The molecular weight excluding hydrogens is 296 g/mol. The van der Waals surface area contributed by atoms with Crippen molar-refractivity contribution in [1.82, 2.24) is 10.2 Å². The molecule has 0 aliphatic carbocycles. The average Bonchev–Trinajstić information content (AvgIpc) is 3.10. The lowest BCUT2D eigenvalue weighted by Crippen LogP contribution is -2.44. The molecule has 124 valence electrons. The second kappa shape index (κ2) is 6.95. The molecule has 1 unspecified atom stereocenters. The van der Waals surface area contributed by atoms with E-state index in [1.807, 2.05) is 4.90 Å². The smallest absolute Gasteiger partial charge is 0.321 e. The van der Waals surface area contributed by atoms with Crippen LogP contribution in [0.5, 0.6) is 0 Å². The maximum Gasteiger partial charge on any atom is 0.321 e. The van der Waals surface area contributed by atoms with E-state index in [9.17, 15) is 14.9 Å². The molecule has 1 atom stereocenters. The topological polar surface area (TPSA) is 87.5 Å². The maximum atomic E-state index is 12.3. The van der Waals surface area contributed by atoms with Gasteiger partial charge < -0.3 is 15.5 Å². The summed E-state index contributed by atoms with van der Waals surface area (Å²) < 4.78 is 0. The van der Waals surface area contributed by atoms with Crippen molar-refractivity contribution in [1.29, 1.82) is 0 Å². The molecule has 0 radical (unpaired) electrons. The monoisotopic (exact) mass is 318 g/mol. The van der Waals surface area contributed by atoms with Crippen LogP contribution in [0.2, 0.25) is 0 Å². The second-order valence-corrected chi connectivity index (χ2v) is 6.26. The van der Waals surface area contributed by atoms with Crippen LogP contribution in [-0.2, 0) is 0 Å². The molecule has 2 fully saturated rings. The SMILES string of the molecule is O=C(Nc1ccc([N+](=O)[O-])cc1)N1CCC(C2CCCN2)CC1. The first-order chi connectivity index (χ1) is 11.1. The maximum absolute atomic E-state index is 12.3. The number of nitro groups is 1. The van der Waals surface area contributed by atoms with Gasteiger partial charge >= 0.3 is 6.03 Å². The molecule has 2 aliphatic rings. The summed E-state index contributed by atoms with van der Waals surface area (Å²) >= 11 is 0. The molecule has 0 aromatic heterocycles. The highest BCUT2D eigenvalue weighted by molar-refractivity contribution is 5.89. The second-order valence-electron chi connectivity index (χ2n) is 6.26. The predicted octanol–water partition coefficient (Wildman–Crippen LogP) is 2.59. The fourth-order valence-corrected chi connectivity index (χ4v) is 3.49. The average molecular weight is 318 g/mol. The van der Waals surface area contributed by atoms with Crippen LogP contribution in [0.25, 0.3) is 0 Å². The van der Waals surface area contributed by atoms with Gasteiger partial charge in [-0.25, -0.2) is 4.79 Å². The van der Waals surface area contributed by atoms with E-state index in [2.05, 4.69) is 10.6 Å². The number of hydrogen-bond acceptors (Lipinski definition) is 4. The minimum atomic E-state index is -0.451. The van der Waals surface area contributed by atoms with Crippen molar-refractivity contribution in [3.63, 3.8) is 0 Å². The highest BCUT2D eigenvalue weighted by Crippen LogP contribution is 2.26. The zero-order valence-electron chi connectivity index (χ0n) is 13.0. The molecule has 23 heavy (non-hydrogen) atoms. The minimum Gasteiger partial charge on any atom is -0.325 e. The Labute approximate surface area is 135 Å². The van der Waals surface area contributed by atoms with Crippen LogP contribution in [0.15, 0.2) is 24.3 Å². The Bertz CT molecular complexity index is 561. The van der Waals surface area contributed by atoms with Gasteiger partial charge in [0, 0.05) is 37.0 Å². The zero-order chi connectivity index (χ0) is 16.2. The zero-order valence-corrected chi connectivity index (χ0v) is 13.0. The lowest BCUT2D eigenvalue weighted by molar-refractivity contribution is -0.384. The number of carbonyl (C=O) groups is 1. The molecule has 3 rings (SSSR count). The van der Waals surface area contributed by atoms with E-state index in [-0.39, 0.29) is 11.7 Å². The Kier molecular flexibility index (Phi) is 4.76. The van der Waals surface area contributed by atoms with E-state index in [1.165, 1.54) is 25.0 Å². The molecule has 2 saturated heterocycles. The van der Waals surface area contributed by atoms with Crippen molar-refractivity contribution in [3.05, 3.63) is 34.4 Å². The third-order valence-electron chi connectivity index (χ3n) is 4.82. The van der Waals surface area contributed by atoms with E-state index < -0.39 is 4.92 Å². The molecular formula is C16H22N4O3. The van der Waals surface area contributed by atoms with Crippen molar-refractivity contribution in [3.8, 4) is 0 Å². The summed E-state index contributed by atoms with van der Waals surface area (Å²) in [5, 5.41) is 17.0. The van der Waals surface area contributed by atoms with E-state index in [0.29, 0.717) is 17.6 Å².